The van der Waals surface area contributed by atoms with Crippen molar-refractivity contribution in [1.29, 1.82) is 0 Å². The average Bonchev–Trinajstić information content (AvgIpc) is 2.31. The molecule has 0 saturated heterocycles. The van der Waals surface area contributed by atoms with Crippen LogP contribution in [0.1, 0.15) is 51.2 Å². The lowest BCUT2D eigenvalue weighted by Gasteiger charge is -2.41. The van der Waals surface area contributed by atoms with Gasteiger partial charge in [0.25, 0.3) is 0 Å². The molecule has 1 fully saturated rings. The number of rotatable bonds is 2. The van der Waals surface area contributed by atoms with E-state index in [0.29, 0.717) is 23.3 Å². The lowest BCUT2D eigenvalue weighted by atomic mass is 9.67. The number of benzene rings is 1. The summed E-state index contributed by atoms with van der Waals surface area (Å²) in [7, 11) is 0. The molecule has 0 heterocycles. The monoisotopic (exact) mass is 263 g/mol. The van der Waals surface area contributed by atoms with Crippen molar-refractivity contribution in [2.45, 2.75) is 52.5 Å². The van der Waals surface area contributed by atoms with Crippen LogP contribution in [-0.4, -0.2) is 0 Å². The maximum absolute atomic E-state index is 13.8. The number of nitrogens with two attached hydrogens (primary N) is 1. The average molecular weight is 263 g/mol. The second-order valence-electron chi connectivity index (χ2n) is 6.86. The highest BCUT2D eigenvalue weighted by Crippen LogP contribution is 2.42. The van der Waals surface area contributed by atoms with Gasteiger partial charge in [0.1, 0.15) is 5.82 Å². The third kappa shape index (κ3) is 3.00. The summed E-state index contributed by atoms with van der Waals surface area (Å²) in [6, 6.07) is 5.45. The highest BCUT2D eigenvalue weighted by molar-refractivity contribution is 5.29. The van der Waals surface area contributed by atoms with Gasteiger partial charge in [-0.15, -0.1) is 0 Å². The Labute approximate surface area is 116 Å². The van der Waals surface area contributed by atoms with Crippen LogP contribution in [0.3, 0.4) is 0 Å². The highest BCUT2D eigenvalue weighted by Gasteiger charge is 2.37. The summed E-state index contributed by atoms with van der Waals surface area (Å²) >= 11 is 0. The van der Waals surface area contributed by atoms with Gasteiger partial charge in [0.05, 0.1) is 0 Å². The van der Waals surface area contributed by atoms with Crippen molar-refractivity contribution >= 4 is 0 Å². The summed E-state index contributed by atoms with van der Waals surface area (Å²) < 4.78 is 13.8. The number of halogens is 1. The van der Waals surface area contributed by atoms with E-state index in [1.54, 1.807) is 13.0 Å². The summed E-state index contributed by atoms with van der Waals surface area (Å²) in [6.45, 7) is 8.45. The van der Waals surface area contributed by atoms with E-state index in [4.69, 9.17) is 5.73 Å². The van der Waals surface area contributed by atoms with Gasteiger partial charge < -0.3 is 5.73 Å². The van der Waals surface area contributed by atoms with Gasteiger partial charge in [0.15, 0.2) is 0 Å². The van der Waals surface area contributed by atoms with E-state index in [-0.39, 0.29) is 5.82 Å². The molecule has 0 aromatic heterocycles. The molecular weight excluding hydrogens is 237 g/mol. The first-order valence-corrected chi connectivity index (χ1v) is 7.36. The Hall–Kier alpha value is -0.890. The summed E-state index contributed by atoms with van der Waals surface area (Å²) in [5, 5.41) is 0. The molecule has 3 unspecified atom stereocenters. The van der Waals surface area contributed by atoms with Crippen LogP contribution < -0.4 is 5.73 Å². The zero-order valence-electron chi connectivity index (χ0n) is 12.5. The fourth-order valence-corrected chi connectivity index (χ4v) is 3.60. The van der Waals surface area contributed by atoms with Crippen molar-refractivity contribution in [3.05, 3.63) is 35.1 Å². The molecule has 2 heteroatoms. The molecular formula is C17H26FN. The quantitative estimate of drug-likeness (QED) is 0.842. The van der Waals surface area contributed by atoms with Crippen LogP contribution >= 0.6 is 0 Å². The van der Waals surface area contributed by atoms with Crippen LogP contribution in [0.2, 0.25) is 0 Å². The van der Waals surface area contributed by atoms with Crippen LogP contribution in [0.25, 0.3) is 0 Å². The van der Waals surface area contributed by atoms with Crippen LogP contribution in [0, 0.1) is 30.5 Å². The minimum atomic E-state index is -0.433. The second kappa shape index (κ2) is 5.24. The molecule has 106 valence electrons. The van der Waals surface area contributed by atoms with Crippen molar-refractivity contribution in [3.63, 3.8) is 0 Å². The van der Waals surface area contributed by atoms with E-state index in [9.17, 15) is 4.39 Å². The van der Waals surface area contributed by atoms with Gasteiger partial charge in [-0.25, -0.2) is 4.39 Å². The summed E-state index contributed by atoms with van der Waals surface area (Å²) in [5.41, 5.74) is 7.77. The first-order chi connectivity index (χ1) is 8.80. The zero-order valence-corrected chi connectivity index (χ0v) is 12.5. The van der Waals surface area contributed by atoms with Crippen LogP contribution in [0.15, 0.2) is 18.2 Å². The Morgan fingerprint density at radius 2 is 1.74 bits per heavy atom. The van der Waals surface area contributed by atoms with Gasteiger partial charge in [-0.05, 0) is 68.1 Å². The van der Waals surface area contributed by atoms with E-state index in [1.807, 2.05) is 12.1 Å². The third-order valence-electron chi connectivity index (χ3n) is 4.82. The molecule has 0 amide bonds. The molecule has 0 bridgehead atoms. The van der Waals surface area contributed by atoms with E-state index in [0.717, 1.165) is 18.4 Å². The third-order valence-corrected chi connectivity index (χ3v) is 4.82. The van der Waals surface area contributed by atoms with E-state index >= 15 is 0 Å². The number of hydrogen-bond acceptors (Lipinski definition) is 1. The minimum absolute atomic E-state index is 0.147. The Balaban J connectivity index is 2.27. The largest absolute Gasteiger partial charge is 0.321 e. The second-order valence-corrected chi connectivity index (χ2v) is 6.86. The lowest BCUT2D eigenvalue weighted by Crippen LogP contribution is -2.44. The molecule has 1 aliphatic rings. The Morgan fingerprint density at radius 1 is 1.16 bits per heavy atom. The van der Waals surface area contributed by atoms with Crippen LogP contribution in [0.5, 0.6) is 0 Å². The van der Waals surface area contributed by atoms with Crippen molar-refractivity contribution in [2.75, 3.05) is 0 Å². The van der Waals surface area contributed by atoms with Crippen molar-refractivity contribution in [3.8, 4) is 0 Å². The molecule has 1 aliphatic carbocycles. The summed E-state index contributed by atoms with van der Waals surface area (Å²) in [5.74, 6) is 1.72. The smallest absolute Gasteiger partial charge is 0.126 e. The molecule has 19 heavy (non-hydrogen) atoms. The Kier molecular flexibility index (Phi) is 4.00. The van der Waals surface area contributed by atoms with Gasteiger partial charge in [0.2, 0.25) is 0 Å². The number of aryl methyl sites for hydroxylation is 1. The Bertz CT molecular complexity index is 443. The van der Waals surface area contributed by atoms with E-state index in [2.05, 4.69) is 20.8 Å². The van der Waals surface area contributed by atoms with Gasteiger partial charge in [-0.2, -0.15) is 0 Å². The zero-order chi connectivity index (χ0) is 14.2. The van der Waals surface area contributed by atoms with Gasteiger partial charge in [0, 0.05) is 5.54 Å². The molecule has 1 aromatic rings. The molecule has 2 N–H and O–H groups in total. The molecule has 0 radical (unpaired) electrons. The fourth-order valence-electron chi connectivity index (χ4n) is 3.60. The van der Waals surface area contributed by atoms with Gasteiger partial charge in [-0.3, -0.25) is 0 Å². The highest BCUT2D eigenvalue weighted by atomic mass is 19.1. The number of hydrogen-bond donors (Lipinski definition) is 1. The topological polar surface area (TPSA) is 26.0 Å². The van der Waals surface area contributed by atoms with Gasteiger partial charge >= 0.3 is 0 Å². The van der Waals surface area contributed by atoms with Crippen molar-refractivity contribution in [2.24, 2.45) is 23.5 Å². The molecule has 0 aliphatic heterocycles. The maximum atomic E-state index is 13.8. The molecule has 2 rings (SSSR count). The summed E-state index contributed by atoms with van der Waals surface area (Å²) in [4.78, 5) is 0. The normalized spacial score (nSPS) is 30.9. The van der Waals surface area contributed by atoms with Crippen LogP contribution in [0.4, 0.5) is 4.39 Å². The van der Waals surface area contributed by atoms with Crippen LogP contribution in [-0.2, 0) is 5.54 Å². The van der Waals surface area contributed by atoms with E-state index in [1.165, 1.54) is 6.42 Å². The molecule has 0 spiro atoms. The molecule has 1 aromatic carbocycles. The molecule has 1 nitrogen and oxygen atoms in total. The molecule has 3 atom stereocenters. The fraction of sp³-hybridized carbons (Fsp3) is 0.647. The predicted octanol–water partition coefficient (Wildman–Crippen LogP) is 4.38. The van der Waals surface area contributed by atoms with Crippen molar-refractivity contribution in [1.82, 2.24) is 0 Å². The standard InChI is InChI=1S/C17H26FN/c1-11-7-12(2)9-15(8-11)17(4,19)14-6-5-13(3)16(18)10-14/h5-6,10-12,15H,7-9,19H2,1-4H3. The summed E-state index contributed by atoms with van der Waals surface area (Å²) in [6.07, 6.45) is 3.58. The predicted molar refractivity (Wildman–Crippen MR) is 78.3 cm³/mol. The first-order valence-electron chi connectivity index (χ1n) is 7.36. The lowest BCUT2D eigenvalue weighted by molar-refractivity contribution is 0.145. The maximum Gasteiger partial charge on any atom is 0.126 e. The SMILES string of the molecule is Cc1ccc(C(C)(N)C2CC(C)CC(C)C2)cc1F. The van der Waals surface area contributed by atoms with Crippen molar-refractivity contribution < 1.29 is 4.39 Å². The Morgan fingerprint density at radius 3 is 2.26 bits per heavy atom. The van der Waals surface area contributed by atoms with E-state index < -0.39 is 5.54 Å². The minimum Gasteiger partial charge on any atom is -0.321 e. The molecule has 1 saturated carbocycles. The van der Waals surface area contributed by atoms with Gasteiger partial charge in [-0.1, -0.05) is 26.0 Å². The first kappa shape index (κ1) is 14.5.